The standard InChI is InChI=1S/C25H27NO2S/c1-18-4-12-24(13-5-18)29-17-21-7-9-22(10-8-21)25(27)26-14-15-28-23-11-6-19(2)20(3)16-23/h4-13,16H,14-15,17H2,1-3H3,(H,26,27). The molecule has 0 aromatic heterocycles. The van der Waals surface area contributed by atoms with Crippen molar-refractivity contribution in [2.24, 2.45) is 0 Å². The number of rotatable bonds is 8. The van der Waals surface area contributed by atoms with Gasteiger partial charge < -0.3 is 10.1 Å². The first-order valence-electron chi connectivity index (χ1n) is 9.78. The van der Waals surface area contributed by atoms with E-state index in [2.05, 4.69) is 50.4 Å². The predicted octanol–water partition coefficient (Wildman–Crippen LogP) is 5.71. The lowest BCUT2D eigenvalue weighted by atomic mass is 10.1. The molecule has 150 valence electrons. The summed E-state index contributed by atoms with van der Waals surface area (Å²) in [4.78, 5) is 13.6. The third-order valence-corrected chi connectivity index (χ3v) is 5.86. The maximum Gasteiger partial charge on any atom is 0.251 e. The Morgan fingerprint density at radius 3 is 2.31 bits per heavy atom. The number of thioether (sulfide) groups is 1. The second kappa shape index (κ2) is 10.2. The highest BCUT2D eigenvalue weighted by Gasteiger charge is 2.05. The summed E-state index contributed by atoms with van der Waals surface area (Å²) in [5, 5.41) is 2.91. The topological polar surface area (TPSA) is 38.3 Å². The molecule has 0 spiro atoms. The number of ether oxygens (including phenoxy) is 1. The van der Waals surface area contributed by atoms with E-state index in [4.69, 9.17) is 4.74 Å². The molecule has 0 bridgehead atoms. The van der Waals surface area contributed by atoms with Crippen LogP contribution in [0.4, 0.5) is 0 Å². The van der Waals surface area contributed by atoms with Gasteiger partial charge in [-0.25, -0.2) is 0 Å². The van der Waals surface area contributed by atoms with Gasteiger partial charge in [-0.15, -0.1) is 11.8 Å². The van der Waals surface area contributed by atoms with E-state index in [1.54, 1.807) is 11.8 Å². The molecule has 0 aliphatic rings. The molecule has 4 heteroatoms. The minimum absolute atomic E-state index is 0.0774. The van der Waals surface area contributed by atoms with E-state index >= 15 is 0 Å². The summed E-state index contributed by atoms with van der Waals surface area (Å²) >= 11 is 1.80. The van der Waals surface area contributed by atoms with Gasteiger partial charge in [0.05, 0.1) is 6.54 Å². The smallest absolute Gasteiger partial charge is 0.251 e. The van der Waals surface area contributed by atoms with Gasteiger partial charge in [0.15, 0.2) is 0 Å². The number of benzene rings is 3. The second-order valence-corrected chi connectivity index (χ2v) is 8.20. The molecule has 3 aromatic rings. The first-order chi connectivity index (χ1) is 14.0. The van der Waals surface area contributed by atoms with Crippen molar-refractivity contribution in [3.63, 3.8) is 0 Å². The Balaban J connectivity index is 1.42. The third-order valence-electron chi connectivity index (χ3n) is 4.78. The van der Waals surface area contributed by atoms with Crippen molar-refractivity contribution in [2.45, 2.75) is 31.4 Å². The first-order valence-corrected chi connectivity index (χ1v) is 10.8. The number of aryl methyl sites for hydroxylation is 3. The summed E-state index contributed by atoms with van der Waals surface area (Å²) in [6, 6.07) is 22.3. The van der Waals surface area contributed by atoms with Gasteiger partial charge in [0.2, 0.25) is 0 Å². The lowest BCUT2D eigenvalue weighted by molar-refractivity contribution is 0.0947. The maximum atomic E-state index is 12.3. The van der Waals surface area contributed by atoms with Gasteiger partial charge in [-0.05, 0) is 73.9 Å². The van der Waals surface area contributed by atoms with Crippen molar-refractivity contribution in [3.8, 4) is 5.75 Å². The van der Waals surface area contributed by atoms with Crippen molar-refractivity contribution >= 4 is 17.7 Å². The van der Waals surface area contributed by atoms with Crippen molar-refractivity contribution in [1.82, 2.24) is 5.32 Å². The highest BCUT2D eigenvalue weighted by atomic mass is 32.2. The van der Waals surface area contributed by atoms with Crippen LogP contribution in [0.15, 0.2) is 71.6 Å². The van der Waals surface area contributed by atoms with Crippen molar-refractivity contribution in [1.29, 1.82) is 0 Å². The van der Waals surface area contributed by atoms with Crippen LogP contribution in [0, 0.1) is 20.8 Å². The number of nitrogens with one attached hydrogen (secondary N) is 1. The molecule has 29 heavy (non-hydrogen) atoms. The van der Waals surface area contributed by atoms with Crippen LogP contribution in [0.3, 0.4) is 0 Å². The van der Waals surface area contributed by atoms with Crippen molar-refractivity contribution in [3.05, 3.63) is 94.5 Å². The van der Waals surface area contributed by atoms with Gasteiger partial charge in [-0.2, -0.15) is 0 Å². The van der Waals surface area contributed by atoms with E-state index in [1.165, 1.54) is 27.1 Å². The summed E-state index contributed by atoms with van der Waals surface area (Å²) in [5.41, 5.74) is 5.58. The van der Waals surface area contributed by atoms with E-state index in [9.17, 15) is 4.79 Å². The third kappa shape index (κ3) is 6.40. The fourth-order valence-electron chi connectivity index (χ4n) is 2.79. The Morgan fingerprint density at radius 2 is 1.62 bits per heavy atom. The number of amides is 1. The summed E-state index contributed by atoms with van der Waals surface area (Å²) in [6.07, 6.45) is 0. The average molecular weight is 406 g/mol. The molecule has 0 aliphatic heterocycles. The Kier molecular flexibility index (Phi) is 7.36. The largest absolute Gasteiger partial charge is 0.492 e. The molecule has 0 radical (unpaired) electrons. The number of hydrogen-bond donors (Lipinski definition) is 1. The quantitative estimate of drug-likeness (QED) is 0.385. The summed E-state index contributed by atoms with van der Waals surface area (Å²) in [6.45, 7) is 7.14. The van der Waals surface area contributed by atoms with Gasteiger partial charge in [0, 0.05) is 16.2 Å². The zero-order valence-corrected chi connectivity index (χ0v) is 18.0. The molecule has 1 N–H and O–H groups in total. The Hall–Kier alpha value is -2.72. The Labute approximate surface area is 177 Å². The average Bonchev–Trinajstić information content (AvgIpc) is 2.73. The van der Waals surface area contributed by atoms with Crippen LogP contribution in [0.2, 0.25) is 0 Å². The number of carbonyl (C=O) groups excluding carboxylic acids is 1. The number of carbonyl (C=O) groups is 1. The molecule has 0 saturated heterocycles. The van der Waals surface area contributed by atoms with Gasteiger partial charge >= 0.3 is 0 Å². The minimum Gasteiger partial charge on any atom is -0.492 e. The van der Waals surface area contributed by atoms with Gasteiger partial charge in [0.1, 0.15) is 12.4 Å². The van der Waals surface area contributed by atoms with Crippen LogP contribution in [0.5, 0.6) is 5.75 Å². The summed E-state index contributed by atoms with van der Waals surface area (Å²) in [7, 11) is 0. The van der Waals surface area contributed by atoms with Crippen LogP contribution < -0.4 is 10.1 Å². The van der Waals surface area contributed by atoms with Crippen LogP contribution in [0.25, 0.3) is 0 Å². The van der Waals surface area contributed by atoms with Gasteiger partial charge in [0.25, 0.3) is 5.91 Å². The highest BCUT2D eigenvalue weighted by Crippen LogP contribution is 2.23. The zero-order valence-electron chi connectivity index (χ0n) is 17.2. The number of hydrogen-bond acceptors (Lipinski definition) is 3. The van der Waals surface area contributed by atoms with Gasteiger partial charge in [-0.1, -0.05) is 35.9 Å². The van der Waals surface area contributed by atoms with Crippen LogP contribution in [0.1, 0.15) is 32.6 Å². The SMILES string of the molecule is Cc1ccc(SCc2ccc(C(=O)NCCOc3ccc(C)c(C)c3)cc2)cc1. The summed E-state index contributed by atoms with van der Waals surface area (Å²) in [5.74, 6) is 1.64. The Bertz CT molecular complexity index is 950. The molecule has 0 unspecified atom stereocenters. The molecule has 0 atom stereocenters. The summed E-state index contributed by atoms with van der Waals surface area (Å²) < 4.78 is 5.71. The molecule has 3 rings (SSSR count). The molecule has 3 nitrogen and oxygen atoms in total. The second-order valence-electron chi connectivity index (χ2n) is 7.15. The van der Waals surface area contributed by atoms with Crippen LogP contribution >= 0.6 is 11.8 Å². The molecule has 0 fully saturated rings. The minimum atomic E-state index is -0.0774. The van der Waals surface area contributed by atoms with E-state index < -0.39 is 0 Å². The van der Waals surface area contributed by atoms with Crippen LogP contribution in [-0.4, -0.2) is 19.1 Å². The zero-order chi connectivity index (χ0) is 20.6. The van der Waals surface area contributed by atoms with E-state index in [0.29, 0.717) is 18.7 Å². The molecule has 0 saturated carbocycles. The van der Waals surface area contributed by atoms with Crippen LogP contribution in [-0.2, 0) is 5.75 Å². The predicted molar refractivity (Wildman–Crippen MR) is 121 cm³/mol. The van der Waals surface area contributed by atoms with Gasteiger partial charge in [-0.3, -0.25) is 4.79 Å². The molecule has 0 heterocycles. The molecular formula is C25H27NO2S. The highest BCUT2D eigenvalue weighted by molar-refractivity contribution is 7.98. The van der Waals surface area contributed by atoms with E-state index in [-0.39, 0.29) is 5.91 Å². The maximum absolute atomic E-state index is 12.3. The molecule has 3 aromatic carbocycles. The molecule has 0 aliphatic carbocycles. The lowest BCUT2D eigenvalue weighted by Gasteiger charge is -2.10. The molecule has 1 amide bonds. The van der Waals surface area contributed by atoms with E-state index in [0.717, 1.165) is 11.5 Å². The van der Waals surface area contributed by atoms with Crippen molar-refractivity contribution < 1.29 is 9.53 Å². The lowest BCUT2D eigenvalue weighted by Crippen LogP contribution is -2.28. The first kappa shape index (κ1) is 21.0. The van der Waals surface area contributed by atoms with Crippen molar-refractivity contribution in [2.75, 3.05) is 13.2 Å². The Morgan fingerprint density at radius 1 is 0.897 bits per heavy atom. The fourth-order valence-corrected chi connectivity index (χ4v) is 3.65. The normalized spacial score (nSPS) is 10.6. The fraction of sp³-hybridized carbons (Fsp3) is 0.240. The molecular weight excluding hydrogens is 378 g/mol. The monoisotopic (exact) mass is 405 g/mol. The van der Waals surface area contributed by atoms with E-state index in [1.807, 2.05) is 42.5 Å².